The second kappa shape index (κ2) is 6.29. The van der Waals surface area contributed by atoms with Crippen LogP contribution in [0, 0.1) is 24.7 Å². The van der Waals surface area contributed by atoms with Crippen molar-refractivity contribution in [2.45, 2.75) is 50.2 Å². The number of carbonyl (C=O) groups excluding carboxylic acids is 1. The van der Waals surface area contributed by atoms with Crippen molar-refractivity contribution >= 4 is 23.4 Å². The molecule has 4 heteroatoms. The van der Waals surface area contributed by atoms with Crippen molar-refractivity contribution in [1.29, 1.82) is 0 Å². The highest BCUT2D eigenvalue weighted by molar-refractivity contribution is 8.01. The fourth-order valence-corrected chi connectivity index (χ4v) is 7.10. The molecular weight excluding hydrogens is 318 g/mol. The van der Waals surface area contributed by atoms with Crippen LogP contribution < -0.4 is 10.1 Å². The van der Waals surface area contributed by atoms with Gasteiger partial charge in [-0.15, -0.1) is 11.8 Å². The first-order valence-electron chi connectivity index (χ1n) is 9.14. The van der Waals surface area contributed by atoms with E-state index in [1.165, 1.54) is 38.5 Å². The van der Waals surface area contributed by atoms with E-state index in [1.807, 2.05) is 36.9 Å². The SMILES string of the molecule is COc1ccc(C)cc1NC(=O)CSC12CC3CC(CC(C3)C1)C2. The molecule has 0 radical (unpaired) electrons. The van der Waals surface area contributed by atoms with Crippen LogP contribution in [0.4, 0.5) is 5.69 Å². The summed E-state index contributed by atoms with van der Waals surface area (Å²) in [5.74, 6) is 4.19. The number of rotatable bonds is 5. The summed E-state index contributed by atoms with van der Waals surface area (Å²) < 4.78 is 5.75. The molecule has 0 spiro atoms. The van der Waals surface area contributed by atoms with Crippen molar-refractivity contribution in [2.75, 3.05) is 18.2 Å². The molecule has 0 heterocycles. The van der Waals surface area contributed by atoms with E-state index in [0.717, 1.165) is 34.8 Å². The van der Waals surface area contributed by atoms with Crippen molar-refractivity contribution in [3.05, 3.63) is 23.8 Å². The highest BCUT2D eigenvalue weighted by Gasteiger charge is 2.51. The molecule has 4 saturated carbocycles. The molecule has 5 rings (SSSR count). The summed E-state index contributed by atoms with van der Waals surface area (Å²) in [5.41, 5.74) is 1.91. The minimum absolute atomic E-state index is 0.0969. The molecule has 3 nitrogen and oxygen atoms in total. The van der Waals surface area contributed by atoms with Gasteiger partial charge in [0, 0.05) is 4.75 Å². The van der Waals surface area contributed by atoms with Crippen LogP contribution in [0.25, 0.3) is 0 Å². The fraction of sp³-hybridized carbons (Fsp3) is 0.650. The Morgan fingerprint density at radius 3 is 2.42 bits per heavy atom. The summed E-state index contributed by atoms with van der Waals surface area (Å²) >= 11 is 1.93. The minimum atomic E-state index is 0.0969. The smallest absolute Gasteiger partial charge is 0.234 e. The molecule has 4 bridgehead atoms. The van der Waals surface area contributed by atoms with Gasteiger partial charge in [-0.05, 0) is 80.9 Å². The average Bonchev–Trinajstić information content (AvgIpc) is 2.52. The molecule has 1 aromatic carbocycles. The third-order valence-electron chi connectivity index (χ3n) is 6.12. The number of hydrogen-bond donors (Lipinski definition) is 1. The molecule has 0 unspecified atom stereocenters. The molecule has 1 aromatic rings. The Labute approximate surface area is 148 Å². The first-order valence-corrected chi connectivity index (χ1v) is 10.1. The van der Waals surface area contributed by atoms with Crippen LogP contribution >= 0.6 is 11.8 Å². The van der Waals surface area contributed by atoms with E-state index in [1.54, 1.807) is 7.11 Å². The molecule has 0 saturated heterocycles. The van der Waals surface area contributed by atoms with E-state index in [0.29, 0.717) is 10.5 Å². The summed E-state index contributed by atoms with van der Waals surface area (Å²) in [6, 6.07) is 5.89. The Morgan fingerprint density at radius 2 is 1.83 bits per heavy atom. The van der Waals surface area contributed by atoms with Crippen LogP contribution in [0.1, 0.15) is 44.1 Å². The lowest BCUT2D eigenvalue weighted by Crippen LogP contribution is -2.49. The number of amides is 1. The normalized spacial score (nSPS) is 33.5. The van der Waals surface area contributed by atoms with Gasteiger partial charge in [0.2, 0.25) is 5.91 Å². The van der Waals surface area contributed by atoms with Gasteiger partial charge >= 0.3 is 0 Å². The van der Waals surface area contributed by atoms with Gasteiger partial charge in [0.1, 0.15) is 5.75 Å². The summed E-state index contributed by atoms with van der Waals surface area (Å²) in [6.07, 6.45) is 8.37. The number of methoxy groups -OCH3 is 1. The summed E-state index contributed by atoms with van der Waals surface area (Å²) in [6.45, 7) is 2.03. The first kappa shape index (κ1) is 16.3. The number of benzene rings is 1. The van der Waals surface area contributed by atoms with Gasteiger partial charge in [-0.25, -0.2) is 0 Å². The zero-order valence-corrected chi connectivity index (χ0v) is 15.5. The third-order valence-corrected chi connectivity index (χ3v) is 7.64. The Bertz CT molecular complexity index is 607. The molecule has 1 amide bonds. The van der Waals surface area contributed by atoms with Crippen LogP contribution in [0.2, 0.25) is 0 Å². The predicted molar refractivity (Wildman–Crippen MR) is 99.7 cm³/mol. The average molecular weight is 346 g/mol. The zero-order chi connectivity index (χ0) is 16.7. The van der Waals surface area contributed by atoms with Gasteiger partial charge in [0.25, 0.3) is 0 Å². The Balaban J connectivity index is 1.38. The number of anilines is 1. The van der Waals surface area contributed by atoms with E-state index >= 15 is 0 Å². The molecule has 4 aliphatic rings. The largest absolute Gasteiger partial charge is 0.495 e. The lowest BCUT2D eigenvalue weighted by atomic mass is 9.56. The molecule has 1 N–H and O–H groups in total. The highest BCUT2D eigenvalue weighted by Crippen LogP contribution is 2.60. The van der Waals surface area contributed by atoms with Crippen LogP contribution in [-0.2, 0) is 4.79 Å². The van der Waals surface area contributed by atoms with Gasteiger partial charge in [-0.2, -0.15) is 0 Å². The maximum atomic E-state index is 12.5. The Kier molecular flexibility index (Phi) is 4.27. The van der Waals surface area contributed by atoms with E-state index < -0.39 is 0 Å². The quantitative estimate of drug-likeness (QED) is 0.844. The molecule has 4 fully saturated rings. The van der Waals surface area contributed by atoms with Gasteiger partial charge < -0.3 is 10.1 Å². The summed E-state index contributed by atoms with van der Waals surface area (Å²) in [4.78, 5) is 12.5. The Morgan fingerprint density at radius 1 is 1.21 bits per heavy atom. The van der Waals surface area contributed by atoms with Gasteiger partial charge in [-0.3, -0.25) is 4.79 Å². The van der Waals surface area contributed by atoms with Gasteiger partial charge in [0.05, 0.1) is 18.6 Å². The number of hydrogen-bond acceptors (Lipinski definition) is 3. The summed E-state index contributed by atoms with van der Waals surface area (Å²) in [7, 11) is 1.64. The van der Waals surface area contributed by atoms with Crippen molar-refractivity contribution in [2.24, 2.45) is 17.8 Å². The summed E-state index contributed by atoms with van der Waals surface area (Å²) in [5, 5.41) is 3.05. The Hall–Kier alpha value is -1.16. The molecule has 0 atom stereocenters. The molecule has 4 aliphatic carbocycles. The van der Waals surface area contributed by atoms with Crippen LogP contribution in [0.15, 0.2) is 18.2 Å². The maximum absolute atomic E-state index is 12.5. The molecular formula is C20H27NO2S. The molecule has 130 valence electrons. The molecule has 24 heavy (non-hydrogen) atoms. The lowest BCUT2D eigenvalue weighted by molar-refractivity contribution is -0.113. The standard InChI is InChI=1S/C20H27NO2S/c1-13-3-4-18(23-2)17(5-13)21-19(22)12-24-20-9-14-6-15(10-20)8-16(7-14)11-20/h3-5,14-16H,6-12H2,1-2H3,(H,21,22). The van der Waals surface area contributed by atoms with Crippen molar-refractivity contribution < 1.29 is 9.53 Å². The lowest BCUT2D eigenvalue weighted by Gasteiger charge is -2.56. The minimum Gasteiger partial charge on any atom is -0.495 e. The highest BCUT2D eigenvalue weighted by atomic mass is 32.2. The third kappa shape index (κ3) is 3.17. The molecule has 0 aromatic heterocycles. The van der Waals surface area contributed by atoms with Crippen molar-refractivity contribution in [3.8, 4) is 5.75 Å². The maximum Gasteiger partial charge on any atom is 0.234 e. The number of thioether (sulfide) groups is 1. The van der Waals surface area contributed by atoms with Gasteiger partial charge in [0.15, 0.2) is 0 Å². The number of aryl methyl sites for hydroxylation is 1. The van der Waals surface area contributed by atoms with Crippen molar-refractivity contribution in [1.82, 2.24) is 0 Å². The second-order valence-electron chi connectivity index (χ2n) is 8.14. The number of nitrogens with one attached hydrogen (secondary N) is 1. The van der Waals surface area contributed by atoms with E-state index in [4.69, 9.17) is 4.74 Å². The first-order chi connectivity index (χ1) is 11.5. The van der Waals surface area contributed by atoms with E-state index in [9.17, 15) is 4.79 Å². The van der Waals surface area contributed by atoms with Crippen molar-refractivity contribution in [3.63, 3.8) is 0 Å². The number of carbonyl (C=O) groups is 1. The fourth-order valence-electron chi connectivity index (χ4n) is 5.53. The van der Waals surface area contributed by atoms with Crippen LogP contribution in [0.5, 0.6) is 5.75 Å². The molecule has 0 aliphatic heterocycles. The van der Waals surface area contributed by atoms with Gasteiger partial charge in [-0.1, -0.05) is 6.07 Å². The predicted octanol–water partition coefficient (Wildman–Crippen LogP) is 4.64. The van der Waals surface area contributed by atoms with Crippen LogP contribution in [0.3, 0.4) is 0 Å². The second-order valence-corrected chi connectivity index (χ2v) is 9.58. The van der Waals surface area contributed by atoms with E-state index in [2.05, 4.69) is 5.32 Å². The monoisotopic (exact) mass is 345 g/mol. The van der Waals surface area contributed by atoms with Crippen LogP contribution in [-0.4, -0.2) is 23.5 Å². The zero-order valence-electron chi connectivity index (χ0n) is 14.6. The topological polar surface area (TPSA) is 38.3 Å². The number of ether oxygens (including phenoxy) is 1. The van der Waals surface area contributed by atoms with E-state index in [-0.39, 0.29) is 5.91 Å².